The van der Waals surface area contributed by atoms with Gasteiger partial charge in [-0.15, -0.1) is 0 Å². The van der Waals surface area contributed by atoms with Crippen LogP contribution in [0.3, 0.4) is 0 Å². The van der Waals surface area contributed by atoms with E-state index in [2.05, 4.69) is 10.5 Å². The molecule has 0 spiro atoms. The van der Waals surface area contributed by atoms with Crippen LogP contribution in [0.25, 0.3) is 0 Å². The molecule has 2 N–H and O–H groups in total. The Balaban J connectivity index is 2.57. The molecule has 0 aliphatic heterocycles. The monoisotopic (exact) mass is 263 g/mol. The number of nitrogens with zero attached hydrogens (tertiary/aromatic N) is 2. The maximum Gasteiger partial charge on any atom is 0.329 e. The Labute approximate surface area is 111 Å². The van der Waals surface area contributed by atoms with Crippen LogP contribution in [0.4, 0.5) is 0 Å². The zero-order chi connectivity index (χ0) is 14.3. The van der Waals surface area contributed by atoms with Crippen LogP contribution in [-0.2, 0) is 9.59 Å². The Morgan fingerprint density at radius 1 is 1.37 bits per heavy atom. The maximum absolute atomic E-state index is 11.6. The van der Waals surface area contributed by atoms with Gasteiger partial charge < -0.3 is 10.0 Å². The SMILES string of the molecule is CCN(CC)C(=O)C(=O)N/N=C\c1cccc(O)c1. The minimum atomic E-state index is -0.778. The molecule has 0 fully saturated rings. The van der Waals surface area contributed by atoms with Crippen molar-refractivity contribution in [2.75, 3.05) is 13.1 Å². The number of benzene rings is 1. The maximum atomic E-state index is 11.6. The minimum absolute atomic E-state index is 0.106. The van der Waals surface area contributed by atoms with E-state index in [9.17, 15) is 14.7 Å². The summed E-state index contributed by atoms with van der Waals surface area (Å²) in [5.74, 6) is -1.28. The molecule has 0 aliphatic carbocycles. The molecular formula is C13H17N3O3. The van der Waals surface area contributed by atoms with Crippen molar-refractivity contribution < 1.29 is 14.7 Å². The highest BCUT2D eigenvalue weighted by Gasteiger charge is 2.18. The number of rotatable bonds is 4. The van der Waals surface area contributed by atoms with Crippen molar-refractivity contribution in [1.29, 1.82) is 0 Å². The van der Waals surface area contributed by atoms with Crippen LogP contribution in [0.5, 0.6) is 5.75 Å². The van der Waals surface area contributed by atoms with E-state index in [-0.39, 0.29) is 5.75 Å². The molecule has 0 atom stereocenters. The summed E-state index contributed by atoms with van der Waals surface area (Å²) >= 11 is 0. The molecule has 19 heavy (non-hydrogen) atoms. The molecule has 2 amide bonds. The smallest absolute Gasteiger partial charge is 0.329 e. The van der Waals surface area contributed by atoms with Crippen molar-refractivity contribution >= 4 is 18.0 Å². The molecule has 1 aromatic carbocycles. The summed E-state index contributed by atoms with van der Waals surface area (Å²) in [6, 6.07) is 6.38. The van der Waals surface area contributed by atoms with Crippen molar-refractivity contribution in [3.05, 3.63) is 29.8 Å². The first-order chi connectivity index (χ1) is 9.08. The van der Waals surface area contributed by atoms with Gasteiger partial charge in [-0.05, 0) is 31.5 Å². The van der Waals surface area contributed by atoms with Gasteiger partial charge in [-0.25, -0.2) is 5.43 Å². The van der Waals surface area contributed by atoms with Crippen molar-refractivity contribution in [2.45, 2.75) is 13.8 Å². The first kappa shape index (κ1) is 14.7. The molecule has 0 aromatic heterocycles. The summed E-state index contributed by atoms with van der Waals surface area (Å²) in [6.45, 7) is 4.54. The molecule has 102 valence electrons. The van der Waals surface area contributed by atoms with Gasteiger partial charge in [0.1, 0.15) is 5.75 Å². The van der Waals surface area contributed by atoms with Gasteiger partial charge in [0.05, 0.1) is 6.21 Å². The molecule has 0 radical (unpaired) electrons. The van der Waals surface area contributed by atoms with Gasteiger partial charge >= 0.3 is 11.8 Å². The van der Waals surface area contributed by atoms with Crippen LogP contribution in [0, 0.1) is 0 Å². The van der Waals surface area contributed by atoms with Crippen LogP contribution < -0.4 is 5.43 Å². The Morgan fingerprint density at radius 3 is 2.63 bits per heavy atom. The second-order valence-electron chi connectivity index (χ2n) is 3.77. The van der Waals surface area contributed by atoms with E-state index in [0.29, 0.717) is 18.7 Å². The molecule has 0 saturated heterocycles. The Kier molecular flexibility index (Phi) is 5.53. The molecule has 1 rings (SSSR count). The highest BCUT2D eigenvalue weighted by atomic mass is 16.3. The quantitative estimate of drug-likeness (QED) is 0.477. The van der Waals surface area contributed by atoms with E-state index in [1.54, 1.807) is 26.0 Å². The molecular weight excluding hydrogens is 246 g/mol. The van der Waals surface area contributed by atoms with Gasteiger partial charge in [0.15, 0.2) is 0 Å². The molecule has 6 nitrogen and oxygen atoms in total. The number of phenolic OH excluding ortho intramolecular Hbond substituents is 1. The fraction of sp³-hybridized carbons (Fsp3) is 0.308. The third-order valence-corrected chi connectivity index (χ3v) is 2.49. The highest BCUT2D eigenvalue weighted by Crippen LogP contribution is 2.08. The van der Waals surface area contributed by atoms with Crippen molar-refractivity contribution in [1.82, 2.24) is 10.3 Å². The van der Waals surface area contributed by atoms with Crippen LogP contribution in [0.2, 0.25) is 0 Å². The number of hydrogen-bond donors (Lipinski definition) is 2. The molecule has 6 heteroatoms. The Hall–Kier alpha value is -2.37. The summed E-state index contributed by atoms with van der Waals surface area (Å²) in [4.78, 5) is 24.5. The molecule has 0 bridgehead atoms. The van der Waals surface area contributed by atoms with Crippen molar-refractivity contribution in [3.63, 3.8) is 0 Å². The summed E-state index contributed by atoms with van der Waals surface area (Å²) < 4.78 is 0. The summed E-state index contributed by atoms with van der Waals surface area (Å²) in [5, 5.41) is 12.9. The van der Waals surface area contributed by atoms with E-state index in [1.807, 2.05) is 0 Å². The average molecular weight is 263 g/mol. The Morgan fingerprint density at radius 2 is 2.05 bits per heavy atom. The third kappa shape index (κ3) is 4.42. The van der Waals surface area contributed by atoms with Gasteiger partial charge in [-0.1, -0.05) is 12.1 Å². The number of nitrogens with one attached hydrogen (secondary N) is 1. The zero-order valence-corrected chi connectivity index (χ0v) is 11.0. The summed E-state index contributed by atoms with van der Waals surface area (Å²) in [6.07, 6.45) is 1.35. The molecule has 0 heterocycles. The number of aromatic hydroxyl groups is 1. The number of phenols is 1. The largest absolute Gasteiger partial charge is 0.508 e. The fourth-order valence-electron chi connectivity index (χ4n) is 1.47. The van der Waals surface area contributed by atoms with E-state index < -0.39 is 11.8 Å². The molecule has 0 saturated carbocycles. The lowest BCUT2D eigenvalue weighted by molar-refractivity contribution is -0.145. The standard InChI is InChI=1S/C13H17N3O3/c1-3-16(4-2)13(19)12(18)15-14-9-10-6-5-7-11(17)8-10/h5-9,17H,3-4H2,1-2H3,(H,15,18)/b14-9-. The van der Waals surface area contributed by atoms with E-state index in [1.165, 1.54) is 23.2 Å². The second kappa shape index (κ2) is 7.15. The van der Waals surface area contributed by atoms with Gasteiger partial charge in [-0.3, -0.25) is 9.59 Å². The normalized spacial score (nSPS) is 10.4. The number of carbonyl (C=O) groups is 2. The van der Waals surface area contributed by atoms with Crippen molar-refractivity contribution in [2.24, 2.45) is 5.10 Å². The average Bonchev–Trinajstić information content (AvgIpc) is 2.40. The zero-order valence-electron chi connectivity index (χ0n) is 11.0. The Bertz CT molecular complexity index is 482. The first-order valence-electron chi connectivity index (χ1n) is 5.99. The third-order valence-electron chi connectivity index (χ3n) is 2.49. The van der Waals surface area contributed by atoms with Gasteiger partial charge in [0.2, 0.25) is 0 Å². The number of likely N-dealkylation sites (N-methyl/N-ethyl adjacent to an activating group) is 1. The predicted molar refractivity (Wildman–Crippen MR) is 71.8 cm³/mol. The van der Waals surface area contributed by atoms with Crippen LogP contribution in [0.1, 0.15) is 19.4 Å². The second-order valence-corrected chi connectivity index (χ2v) is 3.77. The predicted octanol–water partition coefficient (Wildman–Crippen LogP) is 0.711. The van der Waals surface area contributed by atoms with E-state index >= 15 is 0 Å². The summed E-state index contributed by atoms with van der Waals surface area (Å²) in [7, 11) is 0. The van der Waals surface area contributed by atoms with Crippen LogP contribution >= 0.6 is 0 Å². The molecule has 0 aliphatic rings. The minimum Gasteiger partial charge on any atom is -0.508 e. The number of amides is 2. The van der Waals surface area contributed by atoms with Crippen LogP contribution in [-0.4, -0.2) is 41.1 Å². The van der Waals surface area contributed by atoms with Crippen LogP contribution in [0.15, 0.2) is 29.4 Å². The van der Waals surface area contributed by atoms with Gasteiger partial charge in [-0.2, -0.15) is 5.10 Å². The lowest BCUT2D eigenvalue weighted by atomic mass is 10.2. The number of carbonyl (C=O) groups excluding carboxylic acids is 2. The summed E-state index contributed by atoms with van der Waals surface area (Å²) in [5.41, 5.74) is 2.78. The molecule has 0 unspecified atom stereocenters. The topological polar surface area (TPSA) is 82.0 Å². The van der Waals surface area contributed by atoms with Crippen molar-refractivity contribution in [3.8, 4) is 5.75 Å². The number of hydrazone groups is 1. The fourth-order valence-corrected chi connectivity index (χ4v) is 1.47. The number of hydrogen-bond acceptors (Lipinski definition) is 4. The highest BCUT2D eigenvalue weighted by molar-refractivity contribution is 6.34. The first-order valence-corrected chi connectivity index (χ1v) is 5.99. The van der Waals surface area contributed by atoms with E-state index in [4.69, 9.17) is 0 Å². The van der Waals surface area contributed by atoms with Gasteiger partial charge in [0, 0.05) is 13.1 Å². The van der Waals surface area contributed by atoms with Gasteiger partial charge in [0.25, 0.3) is 0 Å². The van der Waals surface area contributed by atoms with E-state index in [0.717, 1.165) is 0 Å². The molecule has 1 aromatic rings. The lowest BCUT2D eigenvalue weighted by Gasteiger charge is -2.16. The lowest BCUT2D eigenvalue weighted by Crippen LogP contribution is -2.41.